The largest absolute Gasteiger partial charge is 0.491 e. The van der Waals surface area contributed by atoms with Gasteiger partial charge in [0, 0.05) is 29.4 Å². The number of thiophene rings is 1. The topological polar surface area (TPSA) is 36.9 Å². The second kappa shape index (κ2) is 14.9. The van der Waals surface area contributed by atoms with Gasteiger partial charge in [-0.05, 0) is 79.1 Å². The molecule has 0 spiro atoms. The molecule has 0 saturated heterocycles. The molecule has 0 radical (unpaired) electrons. The minimum Gasteiger partial charge on any atom is -0.491 e. The summed E-state index contributed by atoms with van der Waals surface area (Å²) in [6.45, 7) is 16.0. The first-order chi connectivity index (χ1) is 19.1. The van der Waals surface area contributed by atoms with Gasteiger partial charge in [-0.15, -0.1) is 11.3 Å². The molecule has 4 nitrogen and oxygen atoms in total. The number of unbranched alkanes of at least 4 members (excludes halogenated alkanes) is 1. The van der Waals surface area contributed by atoms with E-state index in [0.29, 0.717) is 25.9 Å². The van der Waals surface area contributed by atoms with Crippen molar-refractivity contribution in [1.82, 2.24) is 0 Å². The van der Waals surface area contributed by atoms with Gasteiger partial charge in [-0.3, -0.25) is 0 Å². The molecule has 1 unspecified atom stereocenters. The third-order valence-electron chi connectivity index (χ3n) is 7.05. The van der Waals surface area contributed by atoms with Gasteiger partial charge in [-0.25, -0.2) is 0 Å². The number of benzene rings is 2. The summed E-state index contributed by atoms with van der Waals surface area (Å²) in [5.74, 6) is 1.60. The Hall–Kier alpha value is -3.12. The van der Waals surface area contributed by atoms with Gasteiger partial charge in [-0.1, -0.05) is 62.2 Å². The lowest BCUT2D eigenvalue weighted by atomic mass is 9.93. The fourth-order valence-corrected chi connectivity index (χ4v) is 5.89. The lowest BCUT2D eigenvalue weighted by Gasteiger charge is -2.23. The van der Waals surface area contributed by atoms with Gasteiger partial charge in [0.1, 0.15) is 30.8 Å². The molecular weight excluding hydrogens is 504 g/mol. The maximum Gasteiger partial charge on any atom is 0.125 e. The third kappa shape index (κ3) is 8.43. The second-order valence-corrected chi connectivity index (χ2v) is 10.9. The van der Waals surface area contributed by atoms with Crippen LogP contribution in [0.25, 0.3) is 18.2 Å². The summed E-state index contributed by atoms with van der Waals surface area (Å²) < 4.78 is 24.5. The molecule has 0 bridgehead atoms. The molecule has 4 rings (SSSR count). The van der Waals surface area contributed by atoms with Gasteiger partial charge in [-0.2, -0.15) is 0 Å². The van der Waals surface area contributed by atoms with E-state index in [1.54, 1.807) is 0 Å². The Bertz CT molecular complexity index is 1150. The lowest BCUT2D eigenvalue weighted by molar-refractivity contribution is -0.0135. The first-order valence-corrected chi connectivity index (χ1v) is 14.6. The van der Waals surface area contributed by atoms with Crippen LogP contribution in [0.4, 0.5) is 0 Å². The number of hydrogen-bond donors (Lipinski definition) is 0. The maximum atomic E-state index is 6.25. The van der Waals surface area contributed by atoms with Crippen LogP contribution in [0, 0.1) is 6.92 Å². The zero-order valence-electron chi connectivity index (χ0n) is 23.0. The van der Waals surface area contributed by atoms with Crippen LogP contribution in [0.15, 0.2) is 68.3 Å². The SMILES string of the molecule is C=Cc1ccc(OCC(COc2ccc(C=C)cc2)OCCCCOC2CCc3sc(C=C)c(C)c3C2)cc1. The number of fused-ring (bicyclic) bond motifs is 1. The van der Waals surface area contributed by atoms with E-state index in [1.807, 2.05) is 78.1 Å². The zero-order chi connectivity index (χ0) is 27.5. The highest BCUT2D eigenvalue weighted by Gasteiger charge is 2.23. The average Bonchev–Trinajstić information content (AvgIpc) is 3.31. The molecule has 0 aliphatic heterocycles. The van der Waals surface area contributed by atoms with Crippen molar-refractivity contribution in [3.8, 4) is 11.5 Å². The van der Waals surface area contributed by atoms with E-state index in [4.69, 9.17) is 18.9 Å². The highest BCUT2D eigenvalue weighted by atomic mass is 32.1. The molecule has 0 fully saturated rings. The molecule has 1 atom stereocenters. The molecule has 1 aromatic heterocycles. The molecular formula is C34H40O4S. The van der Waals surface area contributed by atoms with Crippen LogP contribution in [0.1, 0.15) is 51.3 Å². The van der Waals surface area contributed by atoms with Gasteiger partial charge in [0.15, 0.2) is 0 Å². The maximum absolute atomic E-state index is 6.25. The monoisotopic (exact) mass is 544 g/mol. The quantitative estimate of drug-likeness (QED) is 0.170. The van der Waals surface area contributed by atoms with Crippen LogP contribution < -0.4 is 9.47 Å². The molecule has 1 aliphatic rings. The Kier molecular flexibility index (Phi) is 11.0. The van der Waals surface area contributed by atoms with Gasteiger partial charge in [0.25, 0.3) is 0 Å². The number of aryl methyl sites for hydroxylation is 1. The predicted molar refractivity (Wildman–Crippen MR) is 164 cm³/mol. The minimum atomic E-state index is -0.193. The van der Waals surface area contributed by atoms with Crippen molar-refractivity contribution >= 4 is 29.6 Å². The summed E-state index contributed by atoms with van der Waals surface area (Å²) in [6.07, 6.45) is 10.8. The Morgan fingerprint density at radius 1 is 0.846 bits per heavy atom. The molecule has 0 amide bonds. The van der Waals surface area contributed by atoms with Crippen LogP contribution in [-0.2, 0) is 22.3 Å². The summed E-state index contributed by atoms with van der Waals surface area (Å²) in [5.41, 5.74) is 4.99. The van der Waals surface area contributed by atoms with Gasteiger partial charge in [0.2, 0.25) is 0 Å². The fraction of sp³-hybridized carbons (Fsp3) is 0.353. The summed E-state index contributed by atoms with van der Waals surface area (Å²) in [7, 11) is 0. The normalized spacial score (nSPS) is 14.6. The molecule has 0 N–H and O–H groups in total. The van der Waals surface area contributed by atoms with E-state index in [1.165, 1.54) is 20.9 Å². The molecule has 2 aromatic carbocycles. The molecule has 0 saturated carbocycles. The van der Waals surface area contributed by atoms with Crippen molar-refractivity contribution in [3.63, 3.8) is 0 Å². The summed E-state index contributed by atoms with van der Waals surface area (Å²) in [6, 6.07) is 15.7. The molecule has 1 aliphatic carbocycles. The lowest BCUT2D eigenvalue weighted by Crippen LogP contribution is -2.29. The second-order valence-electron chi connectivity index (χ2n) is 9.80. The van der Waals surface area contributed by atoms with E-state index in [-0.39, 0.29) is 6.10 Å². The van der Waals surface area contributed by atoms with Crippen molar-refractivity contribution in [3.05, 3.63) is 100 Å². The van der Waals surface area contributed by atoms with Crippen molar-refractivity contribution in [2.75, 3.05) is 26.4 Å². The minimum absolute atomic E-state index is 0.193. The van der Waals surface area contributed by atoms with Crippen LogP contribution in [-0.4, -0.2) is 38.6 Å². The smallest absolute Gasteiger partial charge is 0.125 e. The molecule has 5 heteroatoms. The van der Waals surface area contributed by atoms with Crippen molar-refractivity contribution in [2.24, 2.45) is 0 Å². The van der Waals surface area contributed by atoms with E-state index in [2.05, 4.69) is 26.7 Å². The number of rotatable bonds is 16. The summed E-state index contributed by atoms with van der Waals surface area (Å²) in [5, 5.41) is 0. The standard InChI is InChI=1S/C34H40O4S/c1-5-26-10-14-28(15-11-26)37-23-31(24-38-29-16-12-27(6-2)13-17-29)36-21-9-8-20-35-30-18-19-34-32(22-30)25(4)33(7-3)39-34/h5-7,10-17,30-31H,1-3,8-9,18-24H2,4H3. The molecule has 39 heavy (non-hydrogen) atoms. The Balaban J connectivity index is 1.20. The van der Waals surface area contributed by atoms with E-state index in [0.717, 1.165) is 61.3 Å². The van der Waals surface area contributed by atoms with Crippen molar-refractivity contribution < 1.29 is 18.9 Å². The zero-order valence-corrected chi connectivity index (χ0v) is 23.8. The molecule has 1 heterocycles. The van der Waals surface area contributed by atoms with Crippen molar-refractivity contribution in [1.29, 1.82) is 0 Å². The van der Waals surface area contributed by atoms with Crippen molar-refractivity contribution in [2.45, 2.75) is 51.2 Å². The average molecular weight is 545 g/mol. The Labute approximate surface area is 237 Å². The molecule has 3 aromatic rings. The Morgan fingerprint density at radius 2 is 1.44 bits per heavy atom. The highest BCUT2D eigenvalue weighted by molar-refractivity contribution is 7.13. The fourth-order valence-electron chi connectivity index (χ4n) is 4.68. The van der Waals surface area contributed by atoms with Crippen LogP contribution in [0.2, 0.25) is 0 Å². The van der Waals surface area contributed by atoms with Gasteiger partial charge in [0.05, 0.1) is 6.10 Å². The molecule has 206 valence electrons. The predicted octanol–water partition coefficient (Wildman–Crippen LogP) is 8.18. The summed E-state index contributed by atoms with van der Waals surface area (Å²) >= 11 is 1.89. The van der Waals surface area contributed by atoms with Crippen LogP contribution >= 0.6 is 11.3 Å². The van der Waals surface area contributed by atoms with E-state index >= 15 is 0 Å². The summed E-state index contributed by atoms with van der Waals surface area (Å²) in [4.78, 5) is 2.82. The third-order valence-corrected chi connectivity index (χ3v) is 8.44. The van der Waals surface area contributed by atoms with Gasteiger partial charge < -0.3 is 18.9 Å². The first kappa shape index (κ1) is 28.9. The van der Waals surface area contributed by atoms with E-state index in [9.17, 15) is 0 Å². The first-order valence-electron chi connectivity index (χ1n) is 13.8. The van der Waals surface area contributed by atoms with E-state index < -0.39 is 0 Å². The van der Waals surface area contributed by atoms with Crippen LogP contribution in [0.5, 0.6) is 11.5 Å². The Morgan fingerprint density at radius 3 is 2.00 bits per heavy atom. The number of hydrogen-bond acceptors (Lipinski definition) is 5. The van der Waals surface area contributed by atoms with Crippen LogP contribution in [0.3, 0.4) is 0 Å². The highest BCUT2D eigenvalue weighted by Crippen LogP contribution is 2.35. The van der Waals surface area contributed by atoms with Gasteiger partial charge >= 0.3 is 0 Å². The number of ether oxygens (including phenoxy) is 4.